The largest absolute Gasteiger partial charge is 0.228 e. The molecule has 3 heteroatoms. The molecule has 0 bridgehead atoms. The van der Waals surface area contributed by atoms with Crippen LogP contribution in [0.1, 0.15) is 6.92 Å². The fourth-order valence-corrected chi connectivity index (χ4v) is 0.484. The van der Waals surface area contributed by atoms with E-state index in [0.717, 1.165) is 0 Å². The Labute approximate surface area is 46.9 Å². The van der Waals surface area contributed by atoms with Crippen molar-refractivity contribution in [3.8, 4) is 0 Å². The molecule has 1 heterocycles. The van der Waals surface area contributed by atoms with Gasteiger partial charge in [0.15, 0.2) is 5.16 Å². The quantitative estimate of drug-likeness (QED) is 0.418. The van der Waals surface area contributed by atoms with Crippen LogP contribution in [-0.2, 0) is 0 Å². The smallest absolute Gasteiger partial charge is 0.159 e. The zero-order valence-electron chi connectivity index (χ0n) is 3.77. The summed E-state index contributed by atoms with van der Waals surface area (Å²) in [5, 5.41) is 3.99. The summed E-state index contributed by atoms with van der Waals surface area (Å²) in [6.07, 6.45) is 2.47. The van der Waals surface area contributed by atoms with Gasteiger partial charge in [0.2, 0.25) is 0 Å². The highest BCUT2D eigenvalue weighted by Gasteiger charge is 2.00. The lowest BCUT2D eigenvalue weighted by atomic mass is 10.7. The molecule has 1 rings (SSSR count). The maximum Gasteiger partial charge on any atom is 0.159 e. The van der Waals surface area contributed by atoms with Gasteiger partial charge in [0.25, 0.3) is 0 Å². The number of hydrogen-bond acceptors (Lipinski definition) is 1. The van der Waals surface area contributed by atoms with Gasteiger partial charge in [0.1, 0.15) is 12.0 Å². The molecule has 0 saturated heterocycles. The van der Waals surface area contributed by atoms with E-state index in [0.29, 0.717) is 11.0 Å². The number of rotatable bonds is 0. The molecular weight excluding hydrogens is 112 g/mol. The summed E-state index contributed by atoms with van der Waals surface area (Å²) < 4.78 is 0. The molecule has 0 saturated carbocycles. The van der Waals surface area contributed by atoms with Crippen LogP contribution < -0.4 is 5.32 Å². The van der Waals surface area contributed by atoms with Gasteiger partial charge < -0.3 is 0 Å². The molecule has 0 spiro atoms. The Hall–Kier alpha value is -0.500. The molecule has 0 N–H and O–H groups in total. The first kappa shape index (κ1) is 4.65. The molecule has 2 nitrogen and oxygen atoms in total. The number of aliphatic imine (C=N–C) groups is 1. The van der Waals surface area contributed by atoms with Crippen molar-refractivity contribution in [1.82, 2.24) is 5.32 Å². The van der Waals surface area contributed by atoms with Gasteiger partial charge in [-0.1, -0.05) is 11.6 Å². The minimum Gasteiger partial charge on any atom is -0.228 e. The molecule has 0 amide bonds. The standard InChI is InChI=1S/C4H3ClN2/c1-3-6-2-4(5)7-3/h1H3. The van der Waals surface area contributed by atoms with Crippen LogP contribution in [0.4, 0.5) is 0 Å². The molecule has 0 aromatic heterocycles. The highest BCUT2D eigenvalue weighted by Crippen LogP contribution is 2.05. The molecule has 0 unspecified atom stereocenters. The first-order chi connectivity index (χ1) is 3.29. The third kappa shape index (κ3) is 0.933. The number of nitrogens with zero attached hydrogens (tertiary/aromatic N) is 2. The monoisotopic (exact) mass is 114 g/mol. The van der Waals surface area contributed by atoms with Crippen molar-refractivity contribution in [2.75, 3.05) is 0 Å². The molecule has 7 heavy (non-hydrogen) atoms. The normalized spacial score (nSPS) is 18.0. The van der Waals surface area contributed by atoms with E-state index in [1.54, 1.807) is 6.92 Å². The second-order valence-electron chi connectivity index (χ2n) is 1.17. The zero-order valence-corrected chi connectivity index (χ0v) is 4.53. The van der Waals surface area contributed by atoms with Gasteiger partial charge in [-0.15, -0.1) is 0 Å². The van der Waals surface area contributed by atoms with E-state index in [1.165, 1.54) is 0 Å². The van der Waals surface area contributed by atoms with E-state index < -0.39 is 0 Å². The summed E-state index contributed by atoms with van der Waals surface area (Å²) in [5.41, 5.74) is 0. The predicted molar refractivity (Wildman–Crippen MR) is 27.9 cm³/mol. The van der Waals surface area contributed by atoms with Crippen LogP contribution in [0.2, 0.25) is 0 Å². The minimum absolute atomic E-state index is 0.345. The van der Waals surface area contributed by atoms with Crippen molar-refractivity contribution in [1.29, 1.82) is 0 Å². The minimum atomic E-state index is 0.345. The van der Waals surface area contributed by atoms with Crippen LogP contribution in [0.3, 0.4) is 0 Å². The van der Waals surface area contributed by atoms with Gasteiger partial charge >= 0.3 is 0 Å². The average Bonchev–Trinajstić information content (AvgIpc) is 1.87. The fraction of sp³-hybridized carbons (Fsp3) is 0.250. The van der Waals surface area contributed by atoms with Crippen LogP contribution in [0.15, 0.2) is 10.1 Å². The van der Waals surface area contributed by atoms with Crippen LogP contribution in [0, 0.1) is 6.20 Å². The lowest BCUT2D eigenvalue weighted by Gasteiger charge is -1.77. The molecule has 0 aromatic carbocycles. The Balaban J connectivity index is 2.69. The van der Waals surface area contributed by atoms with Crippen molar-refractivity contribution in [3.05, 3.63) is 11.4 Å². The van der Waals surface area contributed by atoms with E-state index in [2.05, 4.69) is 16.5 Å². The van der Waals surface area contributed by atoms with Crippen molar-refractivity contribution >= 4 is 17.4 Å². The van der Waals surface area contributed by atoms with Crippen LogP contribution >= 0.6 is 11.6 Å². The third-order valence-corrected chi connectivity index (χ3v) is 0.739. The number of amidine groups is 1. The summed E-state index contributed by atoms with van der Waals surface area (Å²) in [6.45, 7) is 1.77. The molecule has 0 aromatic rings. The van der Waals surface area contributed by atoms with E-state index in [4.69, 9.17) is 11.6 Å². The summed E-state index contributed by atoms with van der Waals surface area (Å²) in [6, 6.07) is 0. The SMILES string of the molecule is CC1=NC(Cl)=[C][N]1. The molecular formula is C4H3ClN2. The Morgan fingerprint density at radius 1 is 1.71 bits per heavy atom. The van der Waals surface area contributed by atoms with Gasteiger partial charge in [-0.05, 0) is 6.92 Å². The zero-order chi connectivity index (χ0) is 5.28. The highest BCUT2D eigenvalue weighted by molar-refractivity contribution is 6.30. The van der Waals surface area contributed by atoms with Gasteiger partial charge in [0, 0.05) is 0 Å². The summed E-state index contributed by atoms with van der Waals surface area (Å²) >= 11 is 5.33. The van der Waals surface area contributed by atoms with E-state index in [1.807, 2.05) is 0 Å². The third-order valence-electron chi connectivity index (χ3n) is 0.570. The topological polar surface area (TPSA) is 26.5 Å². The highest BCUT2D eigenvalue weighted by atomic mass is 35.5. The molecule has 0 aliphatic carbocycles. The molecule has 2 radical (unpaired) electrons. The number of hydrogen-bond donors (Lipinski definition) is 0. The molecule has 1 aliphatic heterocycles. The van der Waals surface area contributed by atoms with E-state index in [-0.39, 0.29) is 0 Å². The molecule has 36 valence electrons. The molecule has 0 atom stereocenters. The second kappa shape index (κ2) is 1.54. The van der Waals surface area contributed by atoms with Crippen molar-refractivity contribution in [2.24, 2.45) is 4.99 Å². The van der Waals surface area contributed by atoms with E-state index >= 15 is 0 Å². The summed E-state index contributed by atoms with van der Waals surface area (Å²) in [7, 11) is 0. The van der Waals surface area contributed by atoms with Gasteiger partial charge in [0.05, 0.1) is 0 Å². The Morgan fingerprint density at radius 2 is 2.43 bits per heavy atom. The number of halogens is 1. The van der Waals surface area contributed by atoms with Crippen molar-refractivity contribution in [3.63, 3.8) is 0 Å². The van der Waals surface area contributed by atoms with Crippen molar-refractivity contribution in [2.45, 2.75) is 6.92 Å². The Bertz CT molecular complexity index is 137. The fourth-order valence-electron chi connectivity index (χ4n) is 0.319. The molecule has 1 aliphatic rings. The van der Waals surface area contributed by atoms with Crippen molar-refractivity contribution < 1.29 is 0 Å². The molecule has 0 fully saturated rings. The van der Waals surface area contributed by atoms with Crippen LogP contribution in [0.5, 0.6) is 0 Å². The van der Waals surface area contributed by atoms with Gasteiger partial charge in [-0.3, -0.25) is 0 Å². The predicted octanol–water partition coefficient (Wildman–Crippen LogP) is 0.864. The maximum absolute atomic E-state index is 5.33. The van der Waals surface area contributed by atoms with Gasteiger partial charge in [-0.25, -0.2) is 10.3 Å². The first-order valence-electron chi connectivity index (χ1n) is 1.83. The van der Waals surface area contributed by atoms with Crippen LogP contribution in [0.25, 0.3) is 0 Å². The Morgan fingerprint density at radius 3 is 2.57 bits per heavy atom. The Kier molecular flexibility index (Phi) is 1.02. The van der Waals surface area contributed by atoms with E-state index in [9.17, 15) is 0 Å². The second-order valence-corrected chi connectivity index (χ2v) is 1.53. The lowest BCUT2D eigenvalue weighted by molar-refractivity contribution is 1.23. The van der Waals surface area contributed by atoms with Gasteiger partial charge in [-0.2, -0.15) is 0 Å². The lowest BCUT2D eigenvalue weighted by Crippen LogP contribution is -1.97. The van der Waals surface area contributed by atoms with Crippen LogP contribution in [-0.4, -0.2) is 5.84 Å². The first-order valence-corrected chi connectivity index (χ1v) is 2.21. The maximum atomic E-state index is 5.33. The summed E-state index contributed by atoms with van der Waals surface area (Å²) in [5.74, 6) is 0.671. The average molecular weight is 115 g/mol. The summed E-state index contributed by atoms with van der Waals surface area (Å²) in [4.78, 5) is 3.71.